The van der Waals surface area contributed by atoms with E-state index in [1.54, 1.807) is 0 Å². The molecule has 110 valence electrons. The predicted molar refractivity (Wildman–Crippen MR) is 85.0 cm³/mol. The fourth-order valence-corrected chi connectivity index (χ4v) is 3.56. The highest BCUT2D eigenvalue weighted by Crippen LogP contribution is 2.56. The standard InChI is InChI=1S/C19H22FN/c1-13-11-15(12-14(2)17(13)20)18(21-3)19(9-10-19)16-7-5-4-6-8-16/h4-8,11-12,18,21H,9-10H2,1-3H3. The zero-order valence-corrected chi connectivity index (χ0v) is 12.9. The average molecular weight is 283 g/mol. The Hall–Kier alpha value is -1.67. The summed E-state index contributed by atoms with van der Waals surface area (Å²) < 4.78 is 13.9. The Morgan fingerprint density at radius 2 is 1.62 bits per heavy atom. The van der Waals surface area contributed by atoms with Gasteiger partial charge in [0.1, 0.15) is 5.82 Å². The van der Waals surface area contributed by atoms with Crippen molar-refractivity contribution >= 4 is 0 Å². The smallest absolute Gasteiger partial charge is 0.129 e. The molecule has 3 rings (SSSR count). The number of hydrogen-bond donors (Lipinski definition) is 1. The first-order valence-corrected chi connectivity index (χ1v) is 7.58. The lowest BCUT2D eigenvalue weighted by Gasteiger charge is -2.28. The summed E-state index contributed by atoms with van der Waals surface area (Å²) in [4.78, 5) is 0. The van der Waals surface area contributed by atoms with E-state index in [0.29, 0.717) is 0 Å². The SMILES string of the molecule is CNC(c1cc(C)c(F)c(C)c1)C1(c2ccccc2)CC1. The molecule has 2 aromatic rings. The monoisotopic (exact) mass is 283 g/mol. The summed E-state index contributed by atoms with van der Waals surface area (Å²) >= 11 is 0. The molecule has 1 N–H and O–H groups in total. The third-order valence-electron chi connectivity index (χ3n) is 4.77. The summed E-state index contributed by atoms with van der Waals surface area (Å²) in [5.74, 6) is -0.0850. The van der Waals surface area contributed by atoms with Crippen molar-refractivity contribution in [1.29, 1.82) is 0 Å². The van der Waals surface area contributed by atoms with Crippen LogP contribution < -0.4 is 5.32 Å². The van der Waals surface area contributed by atoms with Crippen LogP contribution >= 0.6 is 0 Å². The number of hydrogen-bond acceptors (Lipinski definition) is 1. The highest BCUT2D eigenvalue weighted by Gasteiger charge is 2.50. The molecular formula is C19H22FN. The van der Waals surface area contributed by atoms with Crippen molar-refractivity contribution in [2.45, 2.75) is 38.1 Å². The van der Waals surface area contributed by atoms with Crippen LogP contribution in [-0.2, 0) is 5.41 Å². The van der Waals surface area contributed by atoms with Crippen LogP contribution in [0.3, 0.4) is 0 Å². The van der Waals surface area contributed by atoms with Gasteiger partial charge in [-0.2, -0.15) is 0 Å². The molecule has 0 amide bonds. The number of benzene rings is 2. The Labute approximate surface area is 126 Å². The molecule has 0 bridgehead atoms. The van der Waals surface area contributed by atoms with E-state index in [-0.39, 0.29) is 17.3 Å². The van der Waals surface area contributed by atoms with Crippen LogP contribution in [0.2, 0.25) is 0 Å². The molecule has 21 heavy (non-hydrogen) atoms. The number of rotatable bonds is 4. The van der Waals surface area contributed by atoms with Gasteiger partial charge in [-0.3, -0.25) is 0 Å². The van der Waals surface area contributed by atoms with Crippen molar-refractivity contribution in [2.24, 2.45) is 0 Å². The van der Waals surface area contributed by atoms with E-state index in [4.69, 9.17) is 0 Å². The second-order valence-electron chi connectivity index (χ2n) is 6.21. The third-order valence-corrected chi connectivity index (χ3v) is 4.77. The van der Waals surface area contributed by atoms with Gasteiger partial charge >= 0.3 is 0 Å². The number of nitrogens with one attached hydrogen (secondary N) is 1. The predicted octanol–water partition coefficient (Wildman–Crippen LogP) is 4.43. The van der Waals surface area contributed by atoms with Gasteiger partial charge < -0.3 is 5.32 Å². The van der Waals surface area contributed by atoms with E-state index in [9.17, 15) is 4.39 Å². The molecule has 0 aliphatic heterocycles. The molecule has 1 aliphatic rings. The van der Waals surface area contributed by atoms with Crippen LogP contribution in [0, 0.1) is 19.7 Å². The highest BCUT2D eigenvalue weighted by atomic mass is 19.1. The van der Waals surface area contributed by atoms with Gasteiger partial charge in [0.15, 0.2) is 0 Å². The van der Waals surface area contributed by atoms with Crippen molar-refractivity contribution in [3.63, 3.8) is 0 Å². The topological polar surface area (TPSA) is 12.0 Å². The first-order valence-electron chi connectivity index (χ1n) is 7.58. The van der Waals surface area contributed by atoms with Gasteiger partial charge in [0.25, 0.3) is 0 Å². The number of aryl methyl sites for hydroxylation is 2. The summed E-state index contributed by atoms with van der Waals surface area (Å²) in [5.41, 5.74) is 4.19. The van der Waals surface area contributed by atoms with E-state index in [1.165, 1.54) is 24.0 Å². The molecule has 0 spiro atoms. The van der Waals surface area contributed by atoms with E-state index >= 15 is 0 Å². The maximum atomic E-state index is 13.9. The number of halogens is 1. The van der Waals surface area contributed by atoms with E-state index in [1.807, 2.05) is 33.0 Å². The van der Waals surface area contributed by atoms with Crippen LogP contribution in [0.1, 0.15) is 41.1 Å². The fourth-order valence-electron chi connectivity index (χ4n) is 3.56. The normalized spacial score (nSPS) is 17.5. The Morgan fingerprint density at radius 1 is 1.05 bits per heavy atom. The summed E-state index contributed by atoms with van der Waals surface area (Å²) in [6, 6.07) is 14.9. The van der Waals surface area contributed by atoms with Gasteiger partial charge in [0, 0.05) is 11.5 Å². The van der Waals surface area contributed by atoms with Gasteiger partial charge in [0.05, 0.1) is 0 Å². The lowest BCUT2D eigenvalue weighted by Crippen LogP contribution is -2.29. The van der Waals surface area contributed by atoms with Gasteiger partial charge in [-0.15, -0.1) is 0 Å². The average Bonchev–Trinajstić information content (AvgIpc) is 3.28. The zero-order chi connectivity index (χ0) is 15.0. The summed E-state index contributed by atoms with van der Waals surface area (Å²) in [6.45, 7) is 3.70. The molecule has 0 heterocycles. The Morgan fingerprint density at radius 3 is 2.10 bits per heavy atom. The molecule has 1 aliphatic carbocycles. The van der Waals surface area contributed by atoms with Gasteiger partial charge in [-0.1, -0.05) is 42.5 Å². The molecule has 0 radical (unpaired) electrons. The quantitative estimate of drug-likeness (QED) is 0.875. The molecule has 1 nitrogen and oxygen atoms in total. The molecule has 1 unspecified atom stereocenters. The van der Waals surface area contributed by atoms with Crippen molar-refractivity contribution in [1.82, 2.24) is 5.32 Å². The summed E-state index contributed by atoms with van der Waals surface area (Å²) in [7, 11) is 2.00. The summed E-state index contributed by atoms with van der Waals surface area (Å²) in [5, 5.41) is 3.47. The minimum atomic E-state index is -0.0850. The molecule has 1 atom stereocenters. The highest BCUT2D eigenvalue weighted by molar-refractivity contribution is 5.41. The first-order chi connectivity index (χ1) is 10.1. The van der Waals surface area contributed by atoms with E-state index in [2.05, 4.69) is 35.6 Å². The van der Waals surface area contributed by atoms with E-state index in [0.717, 1.165) is 11.1 Å². The van der Waals surface area contributed by atoms with Crippen LogP contribution in [0.15, 0.2) is 42.5 Å². The summed E-state index contributed by atoms with van der Waals surface area (Å²) in [6.07, 6.45) is 2.36. The van der Waals surface area contributed by atoms with Crippen LogP contribution in [-0.4, -0.2) is 7.05 Å². The maximum Gasteiger partial charge on any atom is 0.129 e. The van der Waals surface area contributed by atoms with Gasteiger partial charge in [0.2, 0.25) is 0 Å². The fraction of sp³-hybridized carbons (Fsp3) is 0.368. The Bertz CT molecular complexity index is 621. The lowest BCUT2D eigenvalue weighted by atomic mass is 9.83. The second kappa shape index (κ2) is 5.27. The molecule has 1 saturated carbocycles. The molecule has 0 aromatic heterocycles. The molecule has 2 heteroatoms. The molecular weight excluding hydrogens is 261 g/mol. The van der Waals surface area contributed by atoms with E-state index < -0.39 is 0 Å². The van der Waals surface area contributed by atoms with Crippen molar-refractivity contribution < 1.29 is 4.39 Å². The molecule has 1 fully saturated rings. The molecule has 0 saturated heterocycles. The van der Waals surface area contributed by atoms with Crippen LogP contribution in [0.4, 0.5) is 4.39 Å². The van der Waals surface area contributed by atoms with Crippen molar-refractivity contribution in [3.05, 3.63) is 70.5 Å². The second-order valence-corrected chi connectivity index (χ2v) is 6.21. The minimum Gasteiger partial charge on any atom is -0.312 e. The van der Waals surface area contributed by atoms with Gasteiger partial charge in [-0.05, 0) is 56.0 Å². The minimum absolute atomic E-state index is 0.0850. The van der Waals surface area contributed by atoms with Crippen molar-refractivity contribution in [2.75, 3.05) is 7.05 Å². The van der Waals surface area contributed by atoms with Crippen LogP contribution in [0.5, 0.6) is 0 Å². The van der Waals surface area contributed by atoms with Crippen LogP contribution in [0.25, 0.3) is 0 Å². The van der Waals surface area contributed by atoms with Crippen molar-refractivity contribution in [3.8, 4) is 0 Å². The first kappa shape index (κ1) is 14.3. The largest absolute Gasteiger partial charge is 0.312 e. The lowest BCUT2D eigenvalue weighted by molar-refractivity contribution is 0.461. The zero-order valence-electron chi connectivity index (χ0n) is 12.9. The van der Waals surface area contributed by atoms with Gasteiger partial charge in [-0.25, -0.2) is 4.39 Å². The maximum absolute atomic E-state index is 13.9. The third kappa shape index (κ3) is 2.38. The number of likely N-dealkylation sites (N-methyl/N-ethyl adjacent to an activating group) is 1. The Kier molecular flexibility index (Phi) is 3.58. The Balaban J connectivity index is 2.04. The molecule has 2 aromatic carbocycles.